The lowest BCUT2D eigenvalue weighted by Gasteiger charge is -2.40. The van der Waals surface area contributed by atoms with Crippen LogP contribution in [-0.2, 0) is 4.74 Å². The summed E-state index contributed by atoms with van der Waals surface area (Å²) in [6.45, 7) is 2.88. The van der Waals surface area contributed by atoms with E-state index in [1.54, 1.807) is 0 Å². The van der Waals surface area contributed by atoms with E-state index in [9.17, 15) is 0 Å². The minimum absolute atomic E-state index is 0.106. The van der Waals surface area contributed by atoms with Crippen LogP contribution in [0.5, 0.6) is 0 Å². The molecule has 3 nitrogen and oxygen atoms in total. The van der Waals surface area contributed by atoms with Crippen molar-refractivity contribution in [1.82, 2.24) is 4.98 Å². The fourth-order valence-electron chi connectivity index (χ4n) is 3.69. The SMILES string of the molecule is Cc1ccc(C(N)C2CCOC3(CCCC3)C2)cn1. The Labute approximate surface area is 115 Å². The van der Waals surface area contributed by atoms with Crippen LogP contribution in [0.25, 0.3) is 0 Å². The molecule has 1 saturated heterocycles. The first-order valence-electron chi connectivity index (χ1n) is 7.51. The monoisotopic (exact) mass is 260 g/mol. The minimum atomic E-state index is 0.106. The van der Waals surface area contributed by atoms with E-state index < -0.39 is 0 Å². The van der Waals surface area contributed by atoms with E-state index in [1.807, 2.05) is 13.1 Å². The van der Waals surface area contributed by atoms with Crippen molar-refractivity contribution in [2.75, 3.05) is 6.61 Å². The van der Waals surface area contributed by atoms with Gasteiger partial charge in [-0.15, -0.1) is 0 Å². The Kier molecular flexibility index (Phi) is 3.59. The number of ether oxygens (including phenoxy) is 1. The molecule has 1 aromatic heterocycles. The van der Waals surface area contributed by atoms with Crippen LogP contribution in [0.1, 0.15) is 55.8 Å². The van der Waals surface area contributed by atoms with E-state index in [1.165, 1.54) is 31.2 Å². The molecule has 0 radical (unpaired) electrons. The van der Waals surface area contributed by atoms with Gasteiger partial charge in [-0.1, -0.05) is 18.9 Å². The zero-order valence-electron chi connectivity index (χ0n) is 11.8. The van der Waals surface area contributed by atoms with Crippen molar-refractivity contribution >= 4 is 0 Å². The third kappa shape index (κ3) is 2.67. The van der Waals surface area contributed by atoms with Gasteiger partial charge >= 0.3 is 0 Å². The highest BCUT2D eigenvalue weighted by molar-refractivity contribution is 5.18. The van der Waals surface area contributed by atoms with Gasteiger partial charge in [0.05, 0.1) is 5.60 Å². The highest BCUT2D eigenvalue weighted by atomic mass is 16.5. The molecule has 1 spiro atoms. The maximum atomic E-state index is 6.48. The van der Waals surface area contributed by atoms with E-state index in [2.05, 4.69) is 17.1 Å². The number of nitrogens with zero attached hydrogens (tertiary/aromatic N) is 1. The van der Waals surface area contributed by atoms with Gasteiger partial charge in [-0.05, 0) is 50.2 Å². The van der Waals surface area contributed by atoms with Crippen molar-refractivity contribution in [3.63, 3.8) is 0 Å². The van der Waals surface area contributed by atoms with E-state index in [0.717, 1.165) is 25.1 Å². The number of pyridine rings is 1. The second-order valence-electron chi connectivity index (χ2n) is 6.25. The van der Waals surface area contributed by atoms with Crippen LogP contribution in [0.15, 0.2) is 18.3 Å². The largest absolute Gasteiger partial charge is 0.375 e. The Bertz CT molecular complexity index is 423. The smallest absolute Gasteiger partial charge is 0.0685 e. The van der Waals surface area contributed by atoms with Crippen molar-refractivity contribution in [3.8, 4) is 0 Å². The topological polar surface area (TPSA) is 48.1 Å². The molecule has 2 atom stereocenters. The lowest BCUT2D eigenvalue weighted by molar-refractivity contribution is -0.0964. The summed E-state index contributed by atoms with van der Waals surface area (Å²) in [5.41, 5.74) is 8.85. The maximum absolute atomic E-state index is 6.48. The van der Waals surface area contributed by atoms with Crippen LogP contribution >= 0.6 is 0 Å². The van der Waals surface area contributed by atoms with E-state index in [-0.39, 0.29) is 11.6 Å². The Morgan fingerprint density at radius 1 is 1.37 bits per heavy atom. The molecule has 2 heterocycles. The van der Waals surface area contributed by atoms with Crippen LogP contribution in [-0.4, -0.2) is 17.2 Å². The lowest BCUT2D eigenvalue weighted by atomic mass is 9.79. The van der Waals surface area contributed by atoms with Crippen molar-refractivity contribution in [3.05, 3.63) is 29.6 Å². The molecule has 3 heteroatoms. The fraction of sp³-hybridized carbons (Fsp3) is 0.688. The third-order valence-corrected chi connectivity index (χ3v) is 4.87. The van der Waals surface area contributed by atoms with Crippen LogP contribution in [0, 0.1) is 12.8 Å². The lowest BCUT2D eigenvalue weighted by Crippen LogP contribution is -2.40. The fourth-order valence-corrected chi connectivity index (χ4v) is 3.69. The summed E-state index contributed by atoms with van der Waals surface area (Å²) < 4.78 is 6.09. The number of nitrogens with two attached hydrogens (primary N) is 1. The highest BCUT2D eigenvalue weighted by Crippen LogP contribution is 2.44. The Hall–Kier alpha value is -0.930. The van der Waals surface area contributed by atoms with Crippen molar-refractivity contribution in [2.24, 2.45) is 11.7 Å². The summed E-state index contributed by atoms with van der Waals surface area (Å²) in [5, 5.41) is 0. The van der Waals surface area contributed by atoms with Gasteiger partial charge in [-0.25, -0.2) is 0 Å². The first-order valence-corrected chi connectivity index (χ1v) is 7.51. The molecule has 2 unspecified atom stereocenters. The summed E-state index contributed by atoms with van der Waals surface area (Å²) >= 11 is 0. The summed E-state index contributed by atoms with van der Waals surface area (Å²) in [5.74, 6) is 0.538. The molecule has 2 aliphatic rings. The van der Waals surface area contributed by atoms with Crippen molar-refractivity contribution in [2.45, 2.75) is 57.1 Å². The maximum Gasteiger partial charge on any atom is 0.0685 e. The predicted octanol–water partition coefficient (Wildman–Crippen LogP) is 3.13. The summed E-state index contributed by atoms with van der Waals surface area (Å²) in [4.78, 5) is 4.37. The van der Waals surface area contributed by atoms with Gasteiger partial charge in [0.25, 0.3) is 0 Å². The molecule has 2 N–H and O–H groups in total. The van der Waals surface area contributed by atoms with E-state index in [4.69, 9.17) is 10.5 Å². The van der Waals surface area contributed by atoms with Crippen LogP contribution in [0.3, 0.4) is 0 Å². The van der Waals surface area contributed by atoms with Gasteiger partial charge in [-0.3, -0.25) is 4.98 Å². The highest BCUT2D eigenvalue weighted by Gasteiger charge is 2.41. The van der Waals surface area contributed by atoms with Crippen LogP contribution < -0.4 is 5.73 Å². The predicted molar refractivity (Wildman–Crippen MR) is 75.8 cm³/mol. The van der Waals surface area contributed by atoms with Gasteiger partial charge in [-0.2, -0.15) is 0 Å². The van der Waals surface area contributed by atoms with Crippen LogP contribution in [0.4, 0.5) is 0 Å². The van der Waals surface area contributed by atoms with Gasteiger partial charge in [0.15, 0.2) is 0 Å². The second-order valence-corrected chi connectivity index (χ2v) is 6.25. The molecular weight excluding hydrogens is 236 g/mol. The summed E-state index contributed by atoms with van der Waals surface area (Å²) in [7, 11) is 0. The first kappa shape index (κ1) is 13.1. The molecule has 19 heavy (non-hydrogen) atoms. The zero-order valence-corrected chi connectivity index (χ0v) is 11.8. The molecular formula is C16H24N2O. The van der Waals surface area contributed by atoms with Gasteiger partial charge in [0, 0.05) is 24.5 Å². The molecule has 1 aromatic rings. The molecule has 104 valence electrons. The van der Waals surface area contributed by atoms with Crippen molar-refractivity contribution in [1.29, 1.82) is 0 Å². The standard InChI is InChI=1S/C16H24N2O/c1-12-4-5-14(11-18-12)15(17)13-6-9-19-16(10-13)7-2-3-8-16/h4-5,11,13,15H,2-3,6-10,17H2,1H3. The minimum Gasteiger partial charge on any atom is -0.375 e. The third-order valence-electron chi connectivity index (χ3n) is 4.87. The Morgan fingerprint density at radius 3 is 2.84 bits per heavy atom. The number of hydrogen-bond donors (Lipinski definition) is 1. The number of aromatic nitrogens is 1. The number of aryl methyl sites for hydroxylation is 1. The molecule has 0 bridgehead atoms. The molecule has 1 saturated carbocycles. The quantitative estimate of drug-likeness (QED) is 0.888. The van der Waals surface area contributed by atoms with Crippen molar-refractivity contribution < 1.29 is 4.74 Å². The normalized spacial score (nSPS) is 27.6. The number of rotatable bonds is 2. The zero-order chi connectivity index (χ0) is 13.3. The van der Waals surface area contributed by atoms with E-state index in [0.29, 0.717) is 5.92 Å². The average Bonchev–Trinajstić information content (AvgIpc) is 2.87. The Morgan fingerprint density at radius 2 is 2.16 bits per heavy atom. The van der Waals surface area contributed by atoms with Gasteiger partial charge in [0.1, 0.15) is 0 Å². The van der Waals surface area contributed by atoms with Crippen LogP contribution in [0.2, 0.25) is 0 Å². The first-order chi connectivity index (χ1) is 9.19. The summed E-state index contributed by atoms with van der Waals surface area (Å²) in [6.07, 6.45) is 9.22. The molecule has 3 rings (SSSR count). The Balaban J connectivity index is 1.72. The molecule has 0 aromatic carbocycles. The van der Waals surface area contributed by atoms with Gasteiger partial charge < -0.3 is 10.5 Å². The van der Waals surface area contributed by atoms with Gasteiger partial charge in [0.2, 0.25) is 0 Å². The summed E-state index contributed by atoms with van der Waals surface area (Å²) in [6, 6.07) is 4.29. The second kappa shape index (κ2) is 5.22. The molecule has 1 aliphatic heterocycles. The molecule has 2 fully saturated rings. The molecule has 0 amide bonds. The van der Waals surface area contributed by atoms with E-state index >= 15 is 0 Å². The molecule has 1 aliphatic carbocycles. The average molecular weight is 260 g/mol. The number of hydrogen-bond acceptors (Lipinski definition) is 3.